The van der Waals surface area contributed by atoms with Gasteiger partial charge in [0.05, 0.1) is 23.7 Å². The molecule has 2 unspecified atom stereocenters. The summed E-state index contributed by atoms with van der Waals surface area (Å²) in [6.45, 7) is 0.105. The van der Waals surface area contributed by atoms with Crippen LogP contribution in [0.1, 0.15) is 23.3 Å². The third-order valence-corrected chi connectivity index (χ3v) is 5.98. The van der Waals surface area contributed by atoms with Crippen molar-refractivity contribution in [1.29, 1.82) is 0 Å². The highest BCUT2D eigenvalue weighted by Crippen LogP contribution is 2.46. The number of anilines is 1. The Bertz CT molecular complexity index is 1280. The molecule has 0 spiro atoms. The molecule has 2 aliphatic rings. The summed E-state index contributed by atoms with van der Waals surface area (Å²) in [4.78, 5) is 28.2. The Morgan fingerprint density at radius 1 is 1.13 bits per heavy atom. The smallest absolute Gasteiger partial charge is 0.272 e. The van der Waals surface area contributed by atoms with Gasteiger partial charge in [0.2, 0.25) is 5.91 Å². The van der Waals surface area contributed by atoms with Gasteiger partial charge < -0.3 is 10.2 Å². The van der Waals surface area contributed by atoms with E-state index in [1.165, 1.54) is 23.1 Å². The topological polar surface area (TPSA) is 81.3 Å². The number of nitrogens with zero attached hydrogens (tertiary/aromatic N) is 3. The van der Waals surface area contributed by atoms with Crippen LogP contribution in [0.3, 0.4) is 0 Å². The molecule has 3 aromatic rings. The molecule has 0 saturated carbocycles. The van der Waals surface area contributed by atoms with Crippen molar-refractivity contribution in [2.45, 2.75) is 12.1 Å². The maximum absolute atomic E-state index is 14.2. The summed E-state index contributed by atoms with van der Waals surface area (Å²) in [6.07, 6.45) is 0. The number of aromatic nitrogens is 2. The predicted molar refractivity (Wildman–Crippen MR) is 110 cm³/mol. The molecule has 7 nitrogen and oxygen atoms in total. The van der Waals surface area contributed by atoms with Gasteiger partial charge in [-0.3, -0.25) is 14.5 Å². The monoisotopic (exact) mass is 427 g/mol. The first kappa shape index (κ1) is 18.6. The molecule has 1 fully saturated rings. The maximum Gasteiger partial charge on any atom is 0.272 e. The molecule has 2 aromatic carbocycles. The number of rotatable bonds is 2. The van der Waals surface area contributed by atoms with Gasteiger partial charge in [-0.2, -0.15) is 5.10 Å². The van der Waals surface area contributed by atoms with Crippen molar-refractivity contribution < 1.29 is 13.6 Å². The summed E-state index contributed by atoms with van der Waals surface area (Å²) in [6, 6.07) is 6.86. The minimum absolute atomic E-state index is 0.105. The van der Waals surface area contributed by atoms with Gasteiger partial charge in [-0.15, -0.1) is 0 Å². The standard InChI is InChI=1S/C20H15F2N5O2S/c1-26-8-14(28)27(20(26)30)18-16(9-2-4-10(21)5-3-9)23-13-7-11(22)6-12-15(13)17(18)24-25-19(12)29/h2-7,16,18,23H,8H2,1H3,(H,25,29). The normalized spacial score (nSPS) is 20.8. The van der Waals surface area contributed by atoms with E-state index < -0.39 is 29.3 Å². The van der Waals surface area contributed by atoms with Gasteiger partial charge >= 0.3 is 0 Å². The molecule has 0 bridgehead atoms. The van der Waals surface area contributed by atoms with Crippen LogP contribution in [0.4, 0.5) is 14.5 Å². The Morgan fingerprint density at radius 3 is 2.53 bits per heavy atom. The van der Waals surface area contributed by atoms with Crippen molar-refractivity contribution in [3.8, 4) is 0 Å². The van der Waals surface area contributed by atoms with E-state index >= 15 is 0 Å². The van der Waals surface area contributed by atoms with Gasteiger partial charge in [-0.1, -0.05) is 12.1 Å². The number of nitrogens with one attached hydrogen (secondary N) is 2. The maximum atomic E-state index is 14.2. The largest absolute Gasteiger partial charge is 0.375 e. The van der Waals surface area contributed by atoms with Crippen molar-refractivity contribution in [2.75, 3.05) is 18.9 Å². The SMILES string of the molecule is CN1CC(=O)N(C2c3n[nH]c(=O)c4cc(F)cc(c34)NC2c2ccc(F)cc2)C1=S. The van der Waals surface area contributed by atoms with E-state index in [0.29, 0.717) is 27.4 Å². The molecule has 2 atom stereocenters. The molecule has 5 rings (SSSR count). The number of aromatic amines is 1. The summed E-state index contributed by atoms with van der Waals surface area (Å²) >= 11 is 5.48. The zero-order chi connectivity index (χ0) is 21.2. The molecule has 2 aliphatic heterocycles. The number of hydrogen-bond acceptors (Lipinski definition) is 5. The van der Waals surface area contributed by atoms with E-state index in [4.69, 9.17) is 12.2 Å². The average molecular weight is 427 g/mol. The minimum atomic E-state index is -0.724. The lowest BCUT2D eigenvalue weighted by Gasteiger charge is -2.39. The van der Waals surface area contributed by atoms with E-state index in [1.807, 2.05) is 0 Å². The number of halogens is 2. The third kappa shape index (κ3) is 2.67. The van der Waals surface area contributed by atoms with E-state index in [9.17, 15) is 18.4 Å². The first-order valence-corrected chi connectivity index (χ1v) is 9.57. The van der Waals surface area contributed by atoms with E-state index in [-0.39, 0.29) is 17.8 Å². The zero-order valence-electron chi connectivity index (χ0n) is 15.6. The van der Waals surface area contributed by atoms with Crippen molar-refractivity contribution in [3.63, 3.8) is 0 Å². The number of carbonyl (C=O) groups excluding carboxylic acids is 1. The van der Waals surface area contributed by atoms with E-state index in [1.54, 1.807) is 24.1 Å². The molecule has 1 amide bonds. The molecular formula is C20H15F2N5O2S. The summed E-state index contributed by atoms with van der Waals surface area (Å²) in [5.74, 6) is -1.22. The lowest BCUT2D eigenvalue weighted by molar-refractivity contribution is -0.126. The number of hydrogen-bond donors (Lipinski definition) is 2. The minimum Gasteiger partial charge on any atom is -0.375 e. The summed E-state index contributed by atoms with van der Waals surface area (Å²) < 4.78 is 27.8. The number of H-pyrrole nitrogens is 1. The molecule has 30 heavy (non-hydrogen) atoms. The Hall–Kier alpha value is -3.40. The highest BCUT2D eigenvalue weighted by molar-refractivity contribution is 7.80. The van der Waals surface area contributed by atoms with Gasteiger partial charge in [0.1, 0.15) is 17.7 Å². The van der Waals surface area contributed by atoms with Crippen LogP contribution in [0.2, 0.25) is 0 Å². The number of likely N-dealkylation sites (N-methyl/N-ethyl adjacent to an activating group) is 1. The van der Waals surface area contributed by atoms with E-state index in [2.05, 4.69) is 15.5 Å². The Labute approximate surface area is 174 Å². The van der Waals surface area contributed by atoms with Crippen LogP contribution in [0, 0.1) is 11.6 Å². The predicted octanol–water partition coefficient (Wildman–Crippen LogP) is 2.47. The van der Waals surface area contributed by atoms with Crippen molar-refractivity contribution in [3.05, 3.63) is 69.6 Å². The first-order valence-electron chi connectivity index (χ1n) is 9.16. The van der Waals surface area contributed by atoms with Gasteiger partial charge in [0, 0.05) is 18.1 Å². The lowest BCUT2D eigenvalue weighted by Crippen LogP contribution is -2.42. The quantitative estimate of drug-likeness (QED) is 0.612. The number of thiocarbonyl (C=S) groups is 1. The molecule has 1 saturated heterocycles. The molecule has 2 N–H and O–H groups in total. The van der Waals surface area contributed by atoms with Crippen molar-refractivity contribution >= 4 is 39.7 Å². The van der Waals surface area contributed by atoms with Crippen LogP contribution in [0.25, 0.3) is 10.8 Å². The molecule has 3 heterocycles. The van der Waals surface area contributed by atoms with Crippen molar-refractivity contribution in [1.82, 2.24) is 20.0 Å². The Balaban J connectivity index is 1.79. The van der Waals surface area contributed by atoms with Gasteiger partial charge in [0.25, 0.3) is 5.56 Å². The molecule has 10 heteroatoms. The van der Waals surface area contributed by atoms with Crippen LogP contribution in [0.15, 0.2) is 41.2 Å². The first-order chi connectivity index (χ1) is 14.3. The molecule has 0 radical (unpaired) electrons. The summed E-state index contributed by atoms with van der Waals surface area (Å²) in [5.41, 5.74) is 0.874. The van der Waals surface area contributed by atoms with Crippen LogP contribution in [0.5, 0.6) is 0 Å². The Kier molecular flexibility index (Phi) is 4.07. The lowest BCUT2D eigenvalue weighted by atomic mass is 9.88. The van der Waals surface area contributed by atoms with Crippen LogP contribution >= 0.6 is 12.2 Å². The number of carbonyl (C=O) groups is 1. The second-order valence-electron chi connectivity index (χ2n) is 7.33. The number of amides is 1. The molecule has 152 valence electrons. The Morgan fingerprint density at radius 2 is 1.87 bits per heavy atom. The average Bonchev–Trinajstić information content (AvgIpc) is 2.96. The molecule has 0 aliphatic carbocycles. The van der Waals surface area contributed by atoms with E-state index in [0.717, 1.165) is 6.07 Å². The fourth-order valence-corrected chi connectivity index (χ4v) is 4.42. The zero-order valence-corrected chi connectivity index (χ0v) is 16.5. The number of benzene rings is 2. The molecule has 1 aromatic heterocycles. The highest BCUT2D eigenvalue weighted by Gasteiger charge is 2.45. The van der Waals surface area contributed by atoms with Gasteiger partial charge in [-0.05, 0) is 42.0 Å². The van der Waals surface area contributed by atoms with Crippen molar-refractivity contribution in [2.24, 2.45) is 0 Å². The second kappa shape index (κ2) is 6.56. The highest BCUT2D eigenvalue weighted by atomic mass is 32.1. The van der Waals surface area contributed by atoms with Gasteiger partial charge in [-0.25, -0.2) is 13.9 Å². The summed E-state index contributed by atoms with van der Waals surface area (Å²) in [5, 5.41) is 10.7. The van der Waals surface area contributed by atoms with Crippen LogP contribution < -0.4 is 10.9 Å². The second-order valence-corrected chi connectivity index (χ2v) is 7.70. The molecular weight excluding hydrogens is 412 g/mol. The fourth-order valence-electron chi connectivity index (χ4n) is 4.14. The third-order valence-electron chi connectivity index (χ3n) is 5.47. The van der Waals surface area contributed by atoms with Gasteiger partial charge in [0.15, 0.2) is 5.11 Å². The van der Waals surface area contributed by atoms with Crippen LogP contribution in [-0.4, -0.2) is 44.6 Å². The van der Waals surface area contributed by atoms with Crippen LogP contribution in [-0.2, 0) is 4.79 Å². The summed E-state index contributed by atoms with van der Waals surface area (Å²) in [7, 11) is 1.71. The fraction of sp³-hybridized carbons (Fsp3) is 0.200.